The number of nitrogens with two attached hydrogens (primary N) is 1. The van der Waals surface area contributed by atoms with E-state index in [2.05, 4.69) is 10.3 Å². The maximum Gasteiger partial charge on any atom is 0.272 e. The van der Waals surface area contributed by atoms with Crippen LogP contribution < -0.4 is 11.1 Å². The summed E-state index contributed by atoms with van der Waals surface area (Å²) in [4.78, 5) is 15.3. The Morgan fingerprint density at radius 3 is 2.76 bits per heavy atom. The number of anilines is 2. The summed E-state index contributed by atoms with van der Waals surface area (Å²) in [5.74, 6) is -0.605. The average Bonchev–Trinajstić information content (AvgIpc) is 2.85. The number of hydrogen-bond donors (Lipinski definition) is 3. The van der Waals surface area contributed by atoms with E-state index in [1.807, 2.05) is 6.07 Å². The van der Waals surface area contributed by atoms with E-state index in [1.165, 1.54) is 12.1 Å². The molecule has 0 aliphatic heterocycles. The molecule has 1 aromatic heterocycles. The second kappa shape index (κ2) is 4.94. The Bertz CT molecular complexity index is 839. The maximum absolute atomic E-state index is 13.1. The molecule has 4 N–H and O–H groups in total. The lowest BCUT2D eigenvalue weighted by atomic mass is 10.2. The minimum absolute atomic E-state index is 0.278. The van der Waals surface area contributed by atoms with E-state index < -0.39 is 0 Å². The van der Waals surface area contributed by atoms with Crippen LogP contribution in [-0.4, -0.2) is 10.9 Å². The number of halogens is 1. The second-order valence-electron chi connectivity index (χ2n) is 4.94. The molecule has 3 rings (SSSR count). The number of benzene rings is 2. The van der Waals surface area contributed by atoms with Gasteiger partial charge in [0.25, 0.3) is 5.91 Å². The van der Waals surface area contributed by atoms with Gasteiger partial charge in [-0.2, -0.15) is 0 Å². The van der Waals surface area contributed by atoms with Gasteiger partial charge in [0, 0.05) is 22.3 Å². The van der Waals surface area contributed by atoms with Crippen LogP contribution >= 0.6 is 0 Å². The van der Waals surface area contributed by atoms with Gasteiger partial charge in [-0.15, -0.1) is 0 Å². The average molecular weight is 283 g/mol. The third kappa shape index (κ3) is 2.58. The fourth-order valence-corrected chi connectivity index (χ4v) is 2.23. The molecule has 4 nitrogen and oxygen atoms in total. The second-order valence-corrected chi connectivity index (χ2v) is 4.94. The van der Waals surface area contributed by atoms with Gasteiger partial charge in [0.15, 0.2) is 0 Å². The topological polar surface area (TPSA) is 70.9 Å². The monoisotopic (exact) mass is 283 g/mol. The molecule has 1 heterocycles. The predicted octanol–water partition coefficient (Wildman–Crippen LogP) is 3.45. The molecule has 0 bridgehead atoms. The van der Waals surface area contributed by atoms with E-state index in [1.54, 1.807) is 31.2 Å². The van der Waals surface area contributed by atoms with Crippen molar-refractivity contribution in [2.45, 2.75) is 6.92 Å². The molecule has 21 heavy (non-hydrogen) atoms. The van der Waals surface area contributed by atoms with Crippen LogP contribution in [0.15, 0.2) is 42.5 Å². The van der Waals surface area contributed by atoms with E-state index in [-0.39, 0.29) is 11.7 Å². The molecule has 0 radical (unpaired) electrons. The van der Waals surface area contributed by atoms with E-state index in [9.17, 15) is 9.18 Å². The van der Waals surface area contributed by atoms with Crippen LogP contribution in [0.4, 0.5) is 15.8 Å². The first-order chi connectivity index (χ1) is 10.0. The van der Waals surface area contributed by atoms with Gasteiger partial charge in [-0.05, 0) is 55.0 Å². The number of fused-ring (bicyclic) bond motifs is 1. The van der Waals surface area contributed by atoms with Crippen molar-refractivity contribution in [2.75, 3.05) is 11.1 Å². The van der Waals surface area contributed by atoms with Crippen molar-refractivity contribution in [3.8, 4) is 0 Å². The van der Waals surface area contributed by atoms with Crippen molar-refractivity contribution in [3.05, 3.63) is 59.5 Å². The number of nitrogen functional groups attached to an aromatic ring is 1. The largest absolute Gasteiger partial charge is 0.399 e. The molecule has 0 fully saturated rings. The summed E-state index contributed by atoms with van der Waals surface area (Å²) < 4.78 is 13.1. The molecule has 0 atom stereocenters. The van der Waals surface area contributed by atoms with Crippen LogP contribution in [0.25, 0.3) is 10.9 Å². The summed E-state index contributed by atoms with van der Waals surface area (Å²) in [5.41, 5.74) is 8.88. The zero-order valence-corrected chi connectivity index (χ0v) is 11.4. The van der Waals surface area contributed by atoms with Gasteiger partial charge in [0.1, 0.15) is 11.5 Å². The normalized spacial score (nSPS) is 10.8. The molecular formula is C16H14FN3O. The van der Waals surface area contributed by atoms with E-state index in [0.717, 1.165) is 10.9 Å². The summed E-state index contributed by atoms with van der Waals surface area (Å²) in [5, 5.41) is 3.63. The summed E-state index contributed by atoms with van der Waals surface area (Å²) in [7, 11) is 0. The van der Waals surface area contributed by atoms with Gasteiger partial charge in [0.2, 0.25) is 0 Å². The van der Waals surface area contributed by atoms with Gasteiger partial charge in [0.05, 0.1) is 0 Å². The zero-order chi connectivity index (χ0) is 15.0. The van der Waals surface area contributed by atoms with Gasteiger partial charge in [-0.25, -0.2) is 4.39 Å². The molecular weight excluding hydrogens is 269 g/mol. The predicted molar refractivity (Wildman–Crippen MR) is 81.8 cm³/mol. The van der Waals surface area contributed by atoms with Crippen LogP contribution in [0.2, 0.25) is 0 Å². The number of rotatable bonds is 2. The van der Waals surface area contributed by atoms with Crippen molar-refractivity contribution >= 4 is 28.2 Å². The first-order valence-electron chi connectivity index (χ1n) is 6.49. The molecule has 106 valence electrons. The first-order valence-corrected chi connectivity index (χ1v) is 6.49. The minimum Gasteiger partial charge on any atom is -0.399 e. The molecule has 0 saturated heterocycles. The van der Waals surface area contributed by atoms with Crippen molar-refractivity contribution in [1.82, 2.24) is 4.98 Å². The fraction of sp³-hybridized carbons (Fsp3) is 0.0625. The zero-order valence-electron chi connectivity index (χ0n) is 11.4. The molecule has 0 aliphatic carbocycles. The molecule has 1 amide bonds. The lowest BCUT2D eigenvalue weighted by Crippen LogP contribution is -2.13. The molecule has 3 aromatic rings. The number of carbonyl (C=O) groups is 1. The summed E-state index contributed by atoms with van der Waals surface area (Å²) in [6, 6.07) is 11.4. The van der Waals surface area contributed by atoms with Gasteiger partial charge in [-0.3, -0.25) is 4.79 Å². The van der Waals surface area contributed by atoms with Crippen LogP contribution in [0.5, 0.6) is 0 Å². The Labute approximate surface area is 120 Å². The Morgan fingerprint density at radius 2 is 2.00 bits per heavy atom. The smallest absolute Gasteiger partial charge is 0.272 e. The van der Waals surface area contributed by atoms with Gasteiger partial charge < -0.3 is 16.0 Å². The summed E-state index contributed by atoms with van der Waals surface area (Å²) >= 11 is 0. The van der Waals surface area contributed by atoms with Crippen LogP contribution in [0, 0.1) is 12.7 Å². The Balaban J connectivity index is 1.89. The first kappa shape index (κ1) is 13.2. The van der Waals surface area contributed by atoms with E-state index >= 15 is 0 Å². The SMILES string of the molecule is Cc1cc(F)ccc1NC(=O)c1cc2cc(N)ccc2[nH]1. The van der Waals surface area contributed by atoms with Gasteiger partial charge in [-0.1, -0.05) is 0 Å². The highest BCUT2D eigenvalue weighted by Crippen LogP contribution is 2.20. The third-order valence-electron chi connectivity index (χ3n) is 3.33. The van der Waals surface area contributed by atoms with Crippen LogP contribution in [0.1, 0.15) is 16.1 Å². The summed E-state index contributed by atoms with van der Waals surface area (Å²) in [6.45, 7) is 1.74. The Morgan fingerprint density at radius 1 is 1.19 bits per heavy atom. The van der Waals surface area contributed by atoms with E-state index in [0.29, 0.717) is 22.6 Å². The maximum atomic E-state index is 13.1. The molecule has 5 heteroatoms. The quantitative estimate of drug-likeness (QED) is 0.630. The lowest BCUT2D eigenvalue weighted by Gasteiger charge is -2.07. The number of H-pyrrole nitrogens is 1. The number of aromatic amines is 1. The van der Waals surface area contributed by atoms with E-state index in [4.69, 9.17) is 5.73 Å². The number of aromatic nitrogens is 1. The van der Waals surface area contributed by atoms with Crippen molar-refractivity contribution < 1.29 is 9.18 Å². The fourth-order valence-electron chi connectivity index (χ4n) is 2.23. The summed E-state index contributed by atoms with van der Waals surface area (Å²) in [6.07, 6.45) is 0. The number of carbonyl (C=O) groups excluding carboxylic acids is 1. The van der Waals surface area contributed by atoms with Crippen LogP contribution in [-0.2, 0) is 0 Å². The van der Waals surface area contributed by atoms with Gasteiger partial charge >= 0.3 is 0 Å². The molecule has 0 unspecified atom stereocenters. The number of nitrogens with one attached hydrogen (secondary N) is 2. The third-order valence-corrected chi connectivity index (χ3v) is 3.33. The standard InChI is InChI=1S/C16H14FN3O/c1-9-6-11(17)2-4-13(9)20-16(21)15-8-10-7-12(18)3-5-14(10)19-15/h2-8,19H,18H2,1H3,(H,20,21). The van der Waals surface area contributed by atoms with Crippen molar-refractivity contribution in [3.63, 3.8) is 0 Å². The van der Waals surface area contributed by atoms with Crippen molar-refractivity contribution in [2.24, 2.45) is 0 Å². The minimum atomic E-state index is -0.327. The highest BCUT2D eigenvalue weighted by Gasteiger charge is 2.11. The highest BCUT2D eigenvalue weighted by atomic mass is 19.1. The van der Waals surface area contributed by atoms with Crippen molar-refractivity contribution in [1.29, 1.82) is 0 Å². The lowest BCUT2D eigenvalue weighted by molar-refractivity contribution is 0.102. The molecule has 0 aliphatic rings. The van der Waals surface area contributed by atoms with Crippen LogP contribution in [0.3, 0.4) is 0 Å². The molecule has 2 aromatic carbocycles. The highest BCUT2D eigenvalue weighted by molar-refractivity contribution is 6.06. The molecule has 0 spiro atoms. The Kier molecular flexibility index (Phi) is 3.10. The molecule has 0 saturated carbocycles. The number of aryl methyl sites for hydroxylation is 1. The number of hydrogen-bond acceptors (Lipinski definition) is 2. The Hall–Kier alpha value is -2.82. The number of amides is 1.